The predicted octanol–water partition coefficient (Wildman–Crippen LogP) is 1.19. The van der Waals surface area contributed by atoms with Crippen molar-refractivity contribution in [1.82, 2.24) is 9.62 Å². The van der Waals surface area contributed by atoms with Gasteiger partial charge in [0.25, 0.3) is 0 Å². The third-order valence-corrected chi connectivity index (χ3v) is 6.71. The Bertz CT molecular complexity index is 392. The fourth-order valence-corrected chi connectivity index (χ4v) is 5.48. The molecule has 1 saturated carbocycles. The number of nitrogens with one attached hydrogen (secondary N) is 1. The van der Waals surface area contributed by atoms with Crippen LogP contribution in [0.1, 0.15) is 38.5 Å². The molecule has 1 atom stereocenters. The van der Waals surface area contributed by atoms with Crippen LogP contribution in [0.5, 0.6) is 0 Å². The van der Waals surface area contributed by atoms with Gasteiger partial charge in [0, 0.05) is 19.6 Å². The lowest BCUT2D eigenvalue weighted by atomic mass is 9.75. The molecule has 0 aromatic rings. The van der Waals surface area contributed by atoms with Gasteiger partial charge < -0.3 is 5.32 Å². The van der Waals surface area contributed by atoms with Crippen LogP contribution in [0.2, 0.25) is 0 Å². The van der Waals surface area contributed by atoms with E-state index in [1.165, 1.54) is 19.3 Å². The summed E-state index contributed by atoms with van der Waals surface area (Å²) in [6.45, 7) is 3.60. The van der Waals surface area contributed by atoms with Crippen LogP contribution in [0, 0.1) is 11.3 Å². The normalized spacial score (nSPS) is 34.9. The molecule has 2 aliphatic heterocycles. The summed E-state index contributed by atoms with van der Waals surface area (Å²) in [7, 11) is -2.99. The van der Waals surface area contributed by atoms with E-state index in [1.807, 2.05) is 0 Å². The molecule has 0 radical (unpaired) electrons. The Hall–Kier alpha value is -0.130. The van der Waals surface area contributed by atoms with E-state index in [0.717, 1.165) is 45.4 Å². The van der Waals surface area contributed by atoms with E-state index in [9.17, 15) is 8.42 Å². The molecule has 0 aromatic carbocycles. The number of hydrogen-bond donors (Lipinski definition) is 1. The molecular weight excluding hydrogens is 248 g/mol. The molecule has 0 aromatic heterocycles. The van der Waals surface area contributed by atoms with E-state index in [0.29, 0.717) is 11.7 Å². The number of sulfonamides is 1. The van der Waals surface area contributed by atoms with Gasteiger partial charge in [-0.05, 0) is 56.4 Å². The molecule has 18 heavy (non-hydrogen) atoms. The summed E-state index contributed by atoms with van der Waals surface area (Å²) in [6, 6.07) is 0. The molecule has 0 amide bonds. The summed E-state index contributed by atoms with van der Waals surface area (Å²) in [5.41, 5.74) is 0.229. The Kier molecular flexibility index (Phi) is 3.41. The van der Waals surface area contributed by atoms with Gasteiger partial charge in [0.1, 0.15) is 0 Å². The highest BCUT2D eigenvalue weighted by atomic mass is 32.2. The first kappa shape index (κ1) is 12.9. The zero-order valence-corrected chi connectivity index (χ0v) is 11.8. The van der Waals surface area contributed by atoms with E-state index in [4.69, 9.17) is 0 Å². The van der Waals surface area contributed by atoms with Gasteiger partial charge in [-0.1, -0.05) is 0 Å². The molecular formula is C13H24N2O2S. The van der Waals surface area contributed by atoms with Crippen LogP contribution >= 0.6 is 0 Å². The molecule has 1 N–H and O–H groups in total. The van der Waals surface area contributed by atoms with E-state index >= 15 is 0 Å². The van der Waals surface area contributed by atoms with Crippen LogP contribution in [-0.2, 0) is 10.0 Å². The van der Waals surface area contributed by atoms with Crippen molar-refractivity contribution in [3.8, 4) is 0 Å². The highest BCUT2D eigenvalue weighted by Crippen LogP contribution is 2.38. The van der Waals surface area contributed by atoms with Gasteiger partial charge in [0.15, 0.2) is 0 Å². The molecule has 0 bridgehead atoms. The van der Waals surface area contributed by atoms with Crippen molar-refractivity contribution in [2.75, 3.05) is 31.9 Å². The largest absolute Gasteiger partial charge is 0.316 e. The quantitative estimate of drug-likeness (QED) is 0.839. The first-order valence-electron chi connectivity index (χ1n) is 7.28. The SMILES string of the molecule is O=S(=O)(CC1CC1)N1CCCC2(CCCNC2)C1. The topological polar surface area (TPSA) is 49.4 Å². The van der Waals surface area contributed by atoms with Gasteiger partial charge in [-0.2, -0.15) is 0 Å². The first-order valence-corrected chi connectivity index (χ1v) is 8.89. The predicted molar refractivity (Wildman–Crippen MR) is 71.9 cm³/mol. The lowest BCUT2D eigenvalue weighted by molar-refractivity contribution is 0.110. The van der Waals surface area contributed by atoms with Crippen molar-refractivity contribution >= 4 is 10.0 Å². The molecule has 1 unspecified atom stereocenters. The number of piperidine rings is 2. The van der Waals surface area contributed by atoms with Gasteiger partial charge in [-0.25, -0.2) is 12.7 Å². The highest BCUT2D eigenvalue weighted by molar-refractivity contribution is 7.89. The average molecular weight is 272 g/mol. The van der Waals surface area contributed by atoms with Crippen LogP contribution in [-0.4, -0.2) is 44.7 Å². The molecule has 1 aliphatic carbocycles. The Balaban J connectivity index is 1.68. The van der Waals surface area contributed by atoms with E-state index in [1.54, 1.807) is 4.31 Å². The second kappa shape index (κ2) is 4.76. The minimum Gasteiger partial charge on any atom is -0.316 e. The lowest BCUT2D eigenvalue weighted by Gasteiger charge is -2.44. The highest BCUT2D eigenvalue weighted by Gasteiger charge is 2.41. The third kappa shape index (κ3) is 2.73. The Morgan fingerprint density at radius 1 is 1.22 bits per heavy atom. The van der Waals surface area contributed by atoms with E-state index in [2.05, 4.69) is 5.32 Å². The van der Waals surface area contributed by atoms with Gasteiger partial charge >= 0.3 is 0 Å². The van der Waals surface area contributed by atoms with Crippen LogP contribution < -0.4 is 5.32 Å². The zero-order valence-electron chi connectivity index (χ0n) is 11.0. The first-order chi connectivity index (χ1) is 8.60. The minimum absolute atomic E-state index is 0.229. The van der Waals surface area contributed by atoms with Crippen molar-refractivity contribution < 1.29 is 8.42 Å². The number of rotatable bonds is 3. The minimum atomic E-state index is -2.99. The monoisotopic (exact) mass is 272 g/mol. The van der Waals surface area contributed by atoms with Crippen molar-refractivity contribution in [2.45, 2.75) is 38.5 Å². The Morgan fingerprint density at radius 2 is 2.00 bits per heavy atom. The number of hydrogen-bond acceptors (Lipinski definition) is 3. The van der Waals surface area contributed by atoms with E-state index < -0.39 is 10.0 Å². The molecule has 3 aliphatic rings. The van der Waals surface area contributed by atoms with Crippen LogP contribution in [0.3, 0.4) is 0 Å². The van der Waals surface area contributed by atoms with Crippen molar-refractivity contribution in [2.24, 2.45) is 11.3 Å². The molecule has 1 spiro atoms. The maximum atomic E-state index is 12.4. The molecule has 3 fully saturated rings. The molecule has 3 rings (SSSR count). The zero-order chi connectivity index (χ0) is 12.6. The third-order valence-electron chi connectivity index (χ3n) is 4.72. The van der Waals surface area contributed by atoms with Gasteiger partial charge in [0.05, 0.1) is 5.75 Å². The fourth-order valence-electron chi connectivity index (χ4n) is 3.47. The molecule has 5 heteroatoms. The average Bonchev–Trinajstić information content (AvgIpc) is 3.13. The van der Waals surface area contributed by atoms with Crippen molar-refractivity contribution in [1.29, 1.82) is 0 Å². The maximum Gasteiger partial charge on any atom is 0.214 e. The second-order valence-corrected chi connectivity index (χ2v) is 8.45. The smallest absolute Gasteiger partial charge is 0.214 e. The Morgan fingerprint density at radius 3 is 2.67 bits per heavy atom. The summed E-state index contributed by atoms with van der Waals surface area (Å²) >= 11 is 0. The summed E-state index contributed by atoms with van der Waals surface area (Å²) in [5.74, 6) is 0.855. The van der Waals surface area contributed by atoms with Crippen molar-refractivity contribution in [3.63, 3.8) is 0 Å². The molecule has 2 heterocycles. The van der Waals surface area contributed by atoms with Crippen LogP contribution in [0.15, 0.2) is 0 Å². The second-order valence-electron chi connectivity index (χ2n) is 6.44. The standard InChI is InChI=1S/C13H24N2O2S/c16-18(17,9-12-3-4-12)15-8-2-6-13(11-15)5-1-7-14-10-13/h12,14H,1-11H2. The van der Waals surface area contributed by atoms with Gasteiger partial charge in [0.2, 0.25) is 10.0 Å². The number of nitrogens with zero attached hydrogens (tertiary/aromatic N) is 1. The summed E-state index contributed by atoms with van der Waals surface area (Å²) in [5, 5.41) is 3.45. The summed E-state index contributed by atoms with van der Waals surface area (Å²) < 4.78 is 26.5. The van der Waals surface area contributed by atoms with E-state index in [-0.39, 0.29) is 5.41 Å². The maximum absolute atomic E-state index is 12.4. The summed E-state index contributed by atoms with van der Waals surface area (Å²) in [4.78, 5) is 0. The van der Waals surface area contributed by atoms with Crippen molar-refractivity contribution in [3.05, 3.63) is 0 Å². The molecule has 2 saturated heterocycles. The fraction of sp³-hybridized carbons (Fsp3) is 1.00. The summed E-state index contributed by atoms with van der Waals surface area (Å²) in [6.07, 6.45) is 6.83. The molecule has 104 valence electrons. The van der Waals surface area contributed by atoms with Gasteiger partial charge in [-0.3, -0.25) is 0 Å². The van der Waals surface area contributed by atoms with Gasteiger partial charge in [-0.15, -0.1) is 0 Å². The van der Waals surface area contributed by atoms with Crippen LogP contribution in [0.4, 0.5) is 0 Å². The van der Waals surface area contributed by atoms with Crippen LogP contribution in [0.25, 0.3) is 0 Å². The Labute approximate surface area is 110 Å². The molecule has 4 nitrogen and oxygen atoms in total. The lowest BCUT2D eigenvalue weighted by Crippen LogP contribution is -2.52.